The summed E-state index contributed by atoms with van der Waals surface area (Å²) in [5.74, 6) is -0.456. The van der Waals surface area contributed by atoms with Gasteiger partial charge in [0.05, 0.1) is 12.1 Å². The van der Waals surface area contributed by atoms with Crippen LogP contribution in [0.2, 0.25) is 5.02 Å². The van der Waals surface area contributed by atoms with Crippen molar-refractivity contribution in [1.29, 1.82) is 0 Å². The maximum Gasteiger partial charge on any atom is 0.416 e. The topological polar surface area (TPSA) is 64.0 Å². The van der Waals surface area contributed by atoms with Crippen LogP contribution in [0, 0.1) is 0 Å². The number of carbonyl (C=O) groups is 1. The van der Waals surface area contributed by atoms with Crippen LogP contribution in [0.3, 0.4) is 0 Å². The molecule has 0 fully saturated rings. The van der Waals surface area contributed by atoms with E-state index in [-0.39, 0.29) is 11.7 Å². The van der Waals surface area contributed by atoms with Gasteiger partial charge in [0, 0.05) is 10.6 Å². The van der Waals surface area contributed by atoms with Crippen molar-refractivity contribution in [2.45, 2.75) is 12.7 Å². The lowest BCUT2D eigenvalue weighted by Gasteiger charge is -2.07. The summed E-state index contributed by atoms with van der Waals surface area (Å²) in [6.07, 6.45) is -4.42. The lowest BCUT2D eigenvalue weighted by molar-refractivity contribution is -0.137. The Kier molecular flexibility index (Phi) is 5.33. The Balaban J connectivity index is 1.72. The summed E-state index contributed by atoms with van der Waals surface area (Å²) in [5, 5.41) is 3.08. The molecule has 0 spiro atoms. The minimum absolute atomic E-state index is 0.0471. The van der Waals surface area contributed by atoms with Gasteiger partial charge in [-0.25, -0.2) is 8.75 Å². The molecular weight excluding hydrogens is 403 g/mol. The average molecular weight is 414 g/mol. The fraction of sp³-hybridized carbons (Fsp3) is 0.118. The van der Waals surface area contributed by atoms with Crippen molar-refractivity contribution in [3.8, 4) is 0 Å². The van der Waals surface area contributed by atoms with Crippen LogP contribution in [-0.2, 0) is 12.7 Å². The molecule has 0 aliphatic carbocycles. The number of halogens is 4. The molecule has 0 aliphatic heterocycles. The van der Waals surface area contributed by atoms with E-state index in [0.717, 1.165) is 23.7 Å². The number of nitrogens with one attached hydrogen (secondary N) is 1. The van der Waals surface area contributed by atoms with Crippen LogP contribution in [-0.4, -0.2) is 14.8 Å². The molecule has 10 heteroatoms. The van der Waals surface area contributed by atoms with E-state index in [9.17, 15) is 22.8 Å². The van der Waals surface area contributed by atoms with E-state index in [2.05, 4.69) is 10.3 Å². The first-order valence-corrected chi connectivity index (χ1v) is 8.69. The number of hydrogen-bond donors (Lipinski definition) is 1. The first kappa shape index (κ1) is 19.1. The van der Waals surface area contributed by atoms with Crippen LogP contribution in [0.5, 0.6) is 0 Å². The first-order valence-electron chi connectivity index (χ1n) is 7.53. The van der Waals surface area contributed by atoms with E-state index in [0.29, 0.717) is 16.1 Å². The lowest BCUT2D eigenvalue weighted by atomic mass is 10.1. The average Bonchev–Trinajstić information content (AvgIpc) is 2.94. The molecule has 3 aromatic rings. The lowest BCUT2D eigenvalue weighted by Crippen LogP contribution is -2.16. The number of rotatable bonds is 4. The molecule has 0 unspecified atom stereocenters. The molecule has 5 nitrogen and oxygen atoms in total. The Morgan fingerprint density at radius 3 is 2.33 bits per heavy atom. The molecule has 1 amide bonds. The molecule has 1 aromatic heterocycles. The van der Waals surface area contributed by atoms with Crippen LogP contribution >= 0.6 is 23.1 Å². The minimum atomic E-state index is -4.42. The number of hydrogen-bond acceptors (Lipinski definition) is 4. The van der Waals surface area contributed by atoms with Crippen molar-refractivity contribution in [2.75, 3.05) is 5.32 Å². The number of carbonyl (C=O) groups excluding carboxylic acids is 1. The molecule has 27 heavy (non-hydrogen) atoms. The van der Waals surface area contributed by atoms with E-state index in [1.54, 1.807) is 12.1 Å². The number of nitrogens with zero attached hydrogens (tertiary/aromatic N) is 2. The summed E-state index contributed by atoms with van der Waals surface area (Å²) in [4.78, 5) is 27.8. The molecule has 0 saturated carbocycles. The summed E-state index contributed by atoms with van der Waals surface area (Å²) in [6.45, 7) is 0.0471. The fourth-order valence-electron chi connectivity index (χ4n) is 2.19. The second-order valence-corrected chi connectivity index (χ2v) is 6.93. The van der Waals surface area contributed by atoms with Crippen molar-refractivity contribution in [3.05, 3.63) is 80.7 Å². The number of anilines is 1. The van der Waals surface area contributed by atoms with Crippen LogP contribution in [0.25, 0.3) is 0 Å². The monoisotopic (exact) mass is 413 g/mol. The third-order valence-electron chi connectivity index (χ3n) is 3.54. The van der Waals surface area contributed by atoms with E-state index in [1.165, 1.54) is 28.2 Å². The van der Waals surface area contributed by atoms with Gasteiger partial charge in [0.2, 0.25) is 5.13 Å². The zero-order chi connectivity index (χ0) is 19.6. The van der Waals surface area contributed by atoms with Crippen molar-refractivity contribution < 1.29 is 18.0 Å². The normalized spacial score (nSPS) is 11.4. The predicted octanol–water partition coefficient (Wildman–Crippen LogP) is 4.28. The summed E-state index contributed by atoms with van der Waals surface area (Å²) < 4.78 is 39.0. The smallest absolute Gasteiger partial charge is 0.297 e. The second kappa shape index (κ2) is 7.53. The van der Waals surface area contributed by atoms with E-state index in [1.807, 2.05) is 0 Å². The van der Waals surface area contributed by atoms with E-state index < -0.39 is 23.3 Å². The van der Waals surface area contributed by atoms with Crippen molar-refractivity contribution in [3.63, 3.8) is 0 Å². The Morgan fingerprint density at radius 1 is 1.11 bits per heavy atom. The Labute approximate surface area is 160 Å². The number of aromatic nitrogens is 2. The minimum Gasteiger partial charge on any atom is -0.297 e. The second-order valence-electron chi connectivity index (χ2n) is 5.48. The van der Waals surface area contributed by atoms with Gasteiger partial charge >= 0.3 is 11.9 Å². The van der Waals surface area contributed by atoms with Gasteiger partial charge in [-0.1, -0.05) is 23.7 Å². The SMILES string of the molecule is O=C(Nc1nc(=O)n(Cc2ccc(C(F)(F)F)cc2)s1)c1ccc(Cl)cc1. The zero-order valence-corrected chi connectivity index (χ0v) is 15.0. The molecular formula is C17H11ClF3N3O2S. The summed E-state index contributed by atoms with van der Waals surface area (Å²) in [6, 6.07) is 10.7. The molecule has 0 bridgehead atoms. The number of benzene rings is 2. The summed E-state index contributed by atoms with van der Waals surface area (Å²) >= 11 is 6.67. The largest absolute Gasteiger partial charge is 0.416 e. The molecule has 140 valence electrons. The Morgan fingerprint density at radius 2 is 1.74 bits per heavy atom. The Bertz CT molecular complexity index is 1010. The molecule has 0 atom stereocenters. The van der Waals surface area contributed by atoms with Gasteiger partial charge in [-0.15, -0.1) is 0 Å². The molecule has 3 rings (SSSR count). The highest BCUT2D eigenvalue weighted by molar-refractivity contribution is 7.10. The van der Waals surface area contributed by atoms with Crippen LogP contribution in [0.4, 0.5) is 18.3 Å². The number of amides is 1. The molecule has 0 saturated heterocycles. The maximum absolute atomic E-state index is 12.6. The van der Waals surface area contributed by atoms with Gasteiger partial charge in [-0.05, 0) is 53.5 Å². The quantitative estimate of drug-likeness (QED) is 0.694. The standard InChI is InChI=1S/C17H11ClF3N3O2S/c18-13-7-3-11(4-8-13)14(25)22-15-23-16(26)24(27-15)9-10-1-5-12(6-2-10)17(19,20)21/h1-8H,9H2,(H,22,23,25,26). The molecule has 0 radical (unpaired) electrons. The van der Waals surface area contributed by atoms with Gasteiger partial charge in [0.25, 0.3) is 5.91 Å². The van der Waals surface area contributed by atoms with Crippen molar-refractivity contribution >= 4 is 34.2 Å². The van der Waals surface area contributed by atoms with Crippen LogP contribution in [0.15, 0.2) is 53.3 Å². The van der Waals surface area contributed by atoms with E-state index in [4.69, 9.17) is 11.6 Å². The highest BCUT2D eigenvalue weighted by Crippen LogP contribution is 2.29. The number of alkyl halides is 3. The molecule has 1 N–H and O–H groups in total. The van der Waals surface area contributed by atoms with Gasteiger partial charge in [0.1, 0.15) is 0 Å². The summed E-state index contributed by atoms with van der Waals surface area (Å²) in [5.41, 5.74) is -0.522. The van der Waals surface area contributed by atoms with E-state index >= 15 is 0 Å². The Hall–Kier alpha value is -2.65. The first-order chi connectivity index (χ1) is 12.7. The molecule has 0 aliphatic rings. The third kappa shape index (κ3) is 4.75. The predicted molar refractivity (Wildman–Crippen MR) is 96.3 cm³/mol. The van der Waals surface area contributed by atoms with Crippen molar-refractivity contribution in [2.24, 2.45) is 0 Å². The van der Waals surface area contributed by atoms with Crippen LogP contribution in [0.1, 0.15) is 21.5 Å². The third-order valence-corrected chi connectivity index (χ3v) is 4.67. The van der Waals surface area contributed by atoms with Crippen LogP contribution < -0.4 is 11.0 Å². The van der Waals surface area contributed by atoms with Crippen molar-refractivity contribution in [1.82, 2.24) is 8.94 Å². The van der Waals surface area contributed by atoms with Gasteiger partial charge in [-0.3, -0.25) is 10.1 Å². The maximum atomic E-state index is 12.6. The van der Waals surface area contributed by atoms with Gasteiger partial charge in [0.15, 0.2) is 0 Å². The summed E-state index contributed by atoms with van der Waals surface area (Å²) in [7, 11) is 0. The fourth-order valence-corrected chi connectivity index (χ4v) is 3.12. The molecule has 1 heterocycles. The van der Waals surface area contributed by atoms with Gasteiger partial charge < -0.3 is 0 Å². The highest BCUT2D eigenvalue weighted by Gasteiger charge is 2.29. The highest BCUT2D eigenvalue weighted by atomic mass is 35.5. The van der Waals surface area contributed by atoms with Gasteiger partial charge in [-0.2, -0.15) is 18.2 Å². The zero-order valence-electron chi connectivity index (χ0n) is 13.5. The molecule has 2 aromatic carbocycles.